The van der Waals surface area contributed by atoms with Crippen LogP contribution in [0.25, 0.3) is 11.1 Å². The third-order valence-electron chi connectivity index (χ3n) is 4.69. The highest BCUT2D eigenvalue weighted by Gasteiger charge is 2.17. The van der Waals surface area contributed by atoms with E-state index in [1.54, 1.807) is 4.57 Å². The van der Waals surface area contributed by atoms with Crippen molar-refractivity contribution in [2.45, 2.75) is 50.5 Å². The van der Waals surface area contributed by atoms with Crippen molar-refractivity contribution in [3.63, 3.8) is 0 Å². The summed E-state index contributed by atoms with van der Waals surface area (Å²) in [5.41, 5.74) is 4.34. The van der Waals surface area contributed by atoms with Crippen LogP contribution in [0.2, 0.25) is 0 Å². The molecule has 0 amide bonds. The van der Waals surface area contributed by atoms with Gasteiger partial charge in [0, 0.05) is 46.6 Å². The van der Waals surface area contributed by atoms with Crippen LogP contribution in [-0.2, 0) is 7.05 Å². The van der Waals surface area contributed by atoms with Crippen LogP contribution in [-0.4, -0.2) is 16.4 Å². The number of hydrogen-bond acceptors (Lipinski definition) is 3. The van der Waals surface area contributed by atoms with Crippen molar-refractivity contribution in [2.75, 3.05) is 11.1 Å². The quantitative estimate of drug-likeness (QED) is 0.791. The highest BCUT2D eigenvalue weighted by atomic mass is 32.2. The van der Waals surface area contributed by atoms with Gasteiger partial charge in [-0.15, -0.1) is 11.8 Å². The molecule has 0 spiro atoms. The van der Waals surface area contributed by atoms with Crippen molar-refractivity contribution < 1.29 is 0 Å². The van der Waals surface area contributed by atoms with Crippen LogP contribution in [0.1, 0.15) is 38.2 Å². The van der Waals surface area contributed by atoms with E-state index in [2.05, 4.69) is 30.4 Å². The predicted octanol–water partition coefficient (Wildman–Crippen LogP) is 4.83. The van der Waals surface area contributed by atoms with E-state index in [-0.39, 0.29) is 5.56 Å². The fraction of sp³-hybridized carbons (Fsp3) is 0.450. The van der Waals surface area contributed by atoms with Gasteiger partial charge in [-0.25, -0.2) is 0 Å². The Kier molecular flexibility index (Phi) is 5.34. The third-order valence-corrected chi connectivity index (χ3v) is 5.57. The average molecular weight is 343 g/mol. The molecule has 1 aromatic heterocycles. The molecule has 0 aliphatic heterocycles. The fourth-order valence-electron chi connectivity index (χ4n) is 3.46. The molecule has 4 heteroatoms. The van der Waals surface area contributed by atoms with Crippen molar-refractivity contribution in [3.8, 4) is 11.1 Å². The number of nitrogens with zero attached hydrogens (tertiary/aromatic N) is 1. The Morgan fingerprint density at radius 1 is 1.25 bits per heavy atom. The highest BCUT2D eigenvalue weighted by Crippen LogP contribution is 2.34. The predicted molar refractivity (Wildman–Crippen MR) is 104 cm³/mol. The molecule has 0 saturated heterocycles. The van der Waals surface area contributed by atoms with Crippen LogP contribution >= 0.6 is 11.8 Å². The van der Waals surface area contributed by atoms with E-state index in [1.165, 1.54) is 41.8 Å². The molecule has 0 atom stereocenters. The minimum atomic E-state index is 0.0724. The molecule has 1 N–H and O–H groups in total. The lowest BCUT2D eigenvalue weighted by molar-refractivity contribution is 0.755. The van der Waals surface area contributed by atoms with Gasteiger partial charge in [0.25, 0.3) is 5.56 Å². The first-order valence-electron chi connectivity index (χ1n) is 8.79. The Balaban J connectivity index is 2.04. The first-order chi connectivity index (χ1) is 11.6. The van der Waals surface area contributed by atoms with Gasteiger partial charge in [0.1, 0.15) is 0 Å². The molecule has 128 valence electrons. The van der Waals surface area contributed by atoms with E-state index in [0.29, 0.717) is 6.04 Å². The van der Waals surface area contributed by atoms with Crippen LogP contribution < -0.4 is 10.9 Å². The molecule has 1 saturated carbocycles. The molecule has 1 aliphatic rings. The van der Waals surface area contributed by atoms with Gasteiger partial charge in [-0.3, -0.25) is 4.79 Å². The largest absolute Gasteiger partial charge is 0.382 e. The monoisotopic (exact) mass is 342 g/mol. The maximum atomic E-state index is 12.0. The second-order valence-electron chi connectivity index (χ2n) is 6.59. The minimum absolute atomic E-state index is 0.0724. The number of aryl methyl sites for hydroxylation is 2. The van der Waals surface area contributed by atoms with Crippen LogP contribution in [0.3, 0.4) is 0 Å². The van der Waals surface area contributed by atoms with Gasteiger partial charge in [0.2, 0.25) is 0 Å². The number of thioether (sulfide) groups is 1. The summed E-state index contributed by atoms with van der Waals surface area (Å²) in [7, 11) is 1.83. The number of pyridine rings is 1. The van der Waals surface area contributed by atoms with Crippen molar-refractivity contribution in [2.24, 2.45) is 7.05 Å². The zero-order chi connectivity index (χ0) is 17.1. The molecule has 24 heavy (non-hydrogen) atoms. The van der Waals surface area contributed by atoms with Crippen LogP contribution in [0.15, 0.2) is 40.2 Å². The zero-order valence-corrected chi connectivity index (χ0v) is 15.6. The third kappa shape index (κ3) is 3.69. The number of aromatic nitrogens is 1. The zero-order valence-electron chi connectivity index (χ0n) is 14.8. The topological polar surface area (TPSA) is 34.0 Å². The molecule has 0 bridgehead atoms. The molecule has 1 fully saturated rings. The SMILES string of the molecule is CCSc1ccc(NC2CCCC2)c(-c2cc(C)c(=O)n(C)c2)c1. The smallest absolute Gasteiger partial charge is 0.253 e. The van der Waals surface area contributed by atoms with E-state index in [9.17, 15) is 4.79 Å². The minimum Gasteiger partial charge on any atom is -0.382 e. The molecule has 1 aromatic carbocycles. The lowest BCUT2D eigenvalue weighted by Crippen LogP contribution is -2.19. The van der Waals surface area contributed by atoms with Crippen LogP contribution in [0, 0.1) is 6.92 Å². The summed E-state index contributed by atoms with van der Waals surface area (Å²) in [4.78, 5) is 13.3. The lowest BCUT2D eigenvalue weighted by atomic mass is 10.0. The van der Waals surface area contributed by atoms with E-state index in [0.717, 1.165) is 16.9 Å². The Morgan fingerprint density at radius 3 is 2.67 bits per heavy atom. The van der Waals surface area contributed by atoms with E-state index in [4.69, 9.17) is 0 Å². The summed E-state index contributed by atoms with van der Waals surface area (Å²) < 4.78 is 1.68. The second-order valence-corrected chi connectivity index (χ2v) is 7.93. The molecule has 1 heterocycles. The molecule has 1 aliphatic carbocycles. The summed E-state index contributed by atoms with van der Waals surface area (Å²) in [5, 5.41) is 3.73. The molecular weight excluding hydrogens is 316 g/mol. The maximum absolute atomic E-state index is 12.0. The first-order valence-corrected chi connectivity index (χ1v) is 9.78. The summed E-state index contributed by atoms with van der Waals surface area (Å²) in [6.45, 7) is 4.06. The van der Waals surface area contributed by atoms with Crippen molar-refractivity contribution in [3.05, 3.63) is 46.4 Å². The maximum Gasteiger partial charge on any atom is 0.253 e. The van der Waals surface area contributed by atoms with Gasteiger partial charge in [-0.05, 0) is 49.8 Å². The Labute approximate surface area is 148 Å². The molecule has 0 radical (unpaired) electrons. The van der Waals surface area contributed by atoms with Gasteiger partial charge < -0.3 is 9.88 Å². The Morgan fingerprint density at radius 2 is 2.00 bits per heavy atom. The standard InChI is InChI=1S/C20H26N2OS/c1-4-24-17-9-10-19(21-16-7-5-6-8-16)18(12-17)15-11-14(2)20(23)22(3)13-15/h9-13,16,21H,4-8H2,1-3H3. The van der Waals surface area contributed by atoms with Gasteiger partial charge in [0.05, 0.1) is 0 Å². The summed E-state index contributed by atoms with van der Waals surface area (Å²) in [6.07, 6.45) is 7.07. The summed E-state index contributed by atoms with van der Waals surface area (Å²) >= 11 is 1.85. The van der Waals surface area contributed by atoms with E-state index >= 15 is 0 Å². The molecular formula is C20H26N2OS. The van der Waals surface area contributed by atoms with Crippen molar-refractivity contribution in [1.82, 2.24) is 4.57 Å². The Bertz CT molecular complexity index is 749. The summed E-state index contributed by atoms with van der Waals surface area (Å²) in [6, 6.07) is 9.24. The van der Waals surface area contributed by atoms with Gasteiger partial charge in [-0.2, -0.15) is 0 Å². The van der Waals surface area contributed by atoms with E-state index < -0.39 is 0 Å². The molecule has 3 rings (SSSR count). The molecule has 0 unspecified atom stereocenters. The van der Waals surface area contributed by atoms with Gasteiger partial charge in [-0.1, -0.05) is 19.8 Å². The van der Waals surface area contributed by atoms with Crippen LogP contribution in [0.4, 0.5) is 5.69 Å². The number of benzene rings is 1. The fourth-order valence-corrected chi connectivity index (χ4v) is 4.16. The second kappa shape index (κ2) is 7.47. The van der Waals surface area contributed by atoms with Gasteiger partial charge in [0.15, 0.2) is 0 Å². The highest BCUT2D eigenvalue weighted by molar-refractivity contribution is 7.99. The van der Waals surface area contributed by atoms with Crippen LogP contribution in [0.5, 0.6) is 0 Å². The summed E-state index contributed by atoms with van der Waals surface area (Å²) in [5.74, 6) is 1.06. The lowest BCUT2D eigenvalue weighted by Gasteiger charge is -2.19. The number of anilines is 1. The Hall–Kier alpha value is -1.68. The van der Waals surface area contributed by atoms with Crippen molar-refractivity contribution in [1.29, 1.82) is 0 Å². The molecule has 3 nitrogen and oxygen atoms in total. The van der Waals surface area contributed by atoms with E-state index in [1.807, 2.05) is 38.0 Å². The van der Waals surface area contributed by atoms with Gasteiger partial charge >= 0.3 is 0 Å². The van der Waals surface area contributed by atoms with Crippen molar-refractivity contribution >= 4 is 17.4 Å². The number of hydrogen-bond donors (Lipinski definition) is 1. The number of nitrogens with one attached hydrogen (secondary N) is 1. The number of rotatable bonds is 5. The molecule has 2 aromatic rings. The average Bonchev–Trinajstić information content (AvgIpc) is 3.07. The normalized spacial score (nSPS) is 15.0. The first kappa shape index (κ1) is 17.2.